The summed E-state index contributed by atoms with van der Waals surface area (Å²) in [6, 6.07) is 2.25. The largest absolute Gasteiger partial charge is 0.419 e. The van der Waals surface area contributed by atoms with Gasteiger partial charge in [-0.2, -0.15) is 26.3 Å². The molecule has 0 radical (unpaired) electrons. The minimum atomic E-state index is -4.55. The van der Waals surface area contributed by atoms with Crippen LogP contribution in [0.25, 0.3) is 0 Å². The number of anilines is 2. The fraction of sp³-hybridized carbons (Fsp3) is 0.458. The van der Waals surface area contributed by atoms with Crippen molar-refractivity contribution in [3.05, 3.63) is 64.4 Å². The molecule has 4 rings (SSSR count). The van der Waals surface area contributed by atoms with E-state index in [4.69, 9.17) is 4.74 Å². The average molecular weight is 513 g/mol. The van der Waals surface area contributed by atoms with Gasteiger partial charge in [0.05, 0.1) is 11.3 Å². The van der Waals surface area contributed by atoms with Crippen LogP contribution >= 0.6 is 0 Å². The highest BCUT2D eigenvalue weighted by atomic mass is 19.4. The van der Waals surface area contributed by atoms with E-state index >= 15 is 0 Å². The van der Waals surface area contributed by atoms with Crippen molar-refractivity contribution in [1.82, 2.24) is 15.0 Å². The lowest BCUT2D eigenvalue weighted by atomic mass is 9.92. The van der Waals surface area contributed by atoms with Gasteiger partial charge in [-0.15, -0.1) is 0 Å². The number of pyridine rings is 1. The SMILES string of the molecule is COCc1nc2c(c(NC3=CC=C(C(F)(F)F)CC3C)n1)CCN(c1ncccc1C(F)(F)F)CC2. The van der Waals surface area contributed by atoms with E-state index in [2.05, 4.69) is 20.3 Å². The lowest BCUT2D eigenvalue weighted by Gasteiger charge is -2.25. The second-order valence-corrected chi connectivity index (χ2v) is 8.75. The van der Waals surface area contributed by atoms with E-state index in [9.17, 15) is 26.3 Å². The molecule has 6 nitrogen and oxygen atoms in total. The molecule has 12 heteroatoms. The number of alkyl halides is 6. The Morgan fingerprint density at radius 3 is 2.47 bits per heavy atom. The Kier molecular flexibility index (Phi) is 7.26. The smallest absolute Gasteiger partial charge is 0.377 e. The van der Waals surface area contributed by atoms with Gasteiger partial charge in [-0.05, 0) is 31.1 Å². The second-order valence-electron chi connectivity index (χ2n) is 8.75. The molecule has 1 aliphatic heterocycles. The zero-order valence-electron chi connectivity index (χ0n) is 19.7. The number of rotatable bonds is 5. The zero-order valence-corrected chi connectivity index (χ0v) is 19.7. The fourth-order valence-corrected chi connectivity index (χ4v) is 4.40. The molecule has 1 aliphatic carbocycles. The van der Waals surface area contributed by atoms with E-state index in [0.717, 1.165) is 12.1 Å². The predicted molar refractivity (Wildman–Crippen MR) is 121 cm³/mol. The van der Waals surface area contributed by atoms with Crippen molar-refractivity contribution in [1.29, 1.82) is 0 Å². The Hall–Kier alpha value is -3.15. The maximum absolute atomic E-state index is 13.6. The molecule has 3 heterocycles. The van der Waals surface area contributed by atoms with Crippen LogP contribution in [0.5, 0.6) is 0 Å². The summed E-state index contributed by atoms with van der Waals surface area (Å²) in [5, 5.41) is 3.18. The molecule has 0 aromatic carbocycles. The number of allylic oxidation sites excluding steroid dienone is 4. The van der Waals surface area contributed by atoms with Crippen molar-refractivity contribution >= 4 is 11.6 Å². The fourth-order valence-electron chi connectivity index (χ4n) is 4.40. The van der Waals surface area contributed by atoms with Crippen LogP contribution in [0.2, 0.25) is 0 Å². The van der Waals surface area contributed by atoms with Gasteiger partial charge in [0.25, 0.3) is 0 Å². The number of nitrogens with one attached hydrogen (secondary N) is 1. The first-order valence-corrected chi connectivity index (χ1v) is 11.4. The minimum absolute atomic E-state index is 0.108. The minimum Gasteiger partial charge on any atom is -0.377 e. The van der Waals surface area contributed by atoms with E-state index in [1.807, 2.05) is 0 Å². The van der Waals surface area contributed by atoms with Crippen LogP contribution in [0.3, 0.4) is 0 Å². The molecule has 0 saturated heterocycles. The normalized spacial score (nSPS) is 18.8. The first-order valence-electron chi connectivity index (χ1n) is 11.4. The molecule has 0 spiro atoms. The van der Waals surface area contributed by atoms with Gasteiger partial charge >= 0.3 is 12.4 Å². The Bertz CT molecular complexity index is 1170. The molecular formula is C24H25F6N5O. The number of aromatic nitrogens is 3. The molecule has 194 valence electrons. The third-order valence-electron chi connectivity index (χ3n) is 6.20. The molecule has 0 bridgehead atoms. The molecule has 0 amide bonds. The molecule has 1 N–H and O–H groups in total. The summed E-state index contributed by atoms with van der Waals surface area (Å²) < 4.78 is 85.3. The van der Waals surface area contributed by atoms with E-state index in [0.29, 0.717) is 41.4 Å². The maximum atomic E-state index is 13.6. The molecule has 1 atom stereocenters. The van der Waals surface area contributed by atoms with Gasteiger partial charge in [0.15, 0.2) is 5.82 Å². The standard InChI is InChI=1S/C24H25F6N5O/c1-14-12-15(23(25,26)27)5-6-18(14)33-21-16-7-10-35(11-8-19(16)32-20(34-21)13-36-2)22-17(24(28,29)30)4-3-9-31-22/h3-6,9,14H,7-8,10-13H2,1-2H3,(H,32,33,34). The van der Waals surface area contributed by atoms with E-state index in [1.54, 1.807) is 11.8 Å². The highest BCUT2D eigenvalue weighted by Gasteiger charge is 2.37. The second kappa shape index (κ2) is 10.1. The van der Waals surface area contributed by atoms with Crippen LogP contribution in [0.1, 0.15) is 36.0 Å². The van der Waals surface area contributed by atoms with Gasteiger partial charge < -0.3 is 15.0 Å². The van der Waals surface area contributed by atoms with Crippen molar-refractivity contribution in [3.8, 4) is 0 Å². The first-order chi connectivity index (χ1) is 17.0. The summed E-state index contributed by atoms with van der Waals surface area (Å²) in [7, 11) is 1.48. The van der Waals surface area contributed by atoms with Crippen molar-refractivity contribution in [2.24, 2.45) is 5.92 Å². The van der Waals surface area contributed by atoms with Gasteiger partial charge in [-0.3, -0.25) is 0 Å². The molecule has 2 aliphatic rings. The monoisotopic (exact) mass is 513 g/mol. The average Bonchev–Trinajstić information content (AvgIpc) is 3.02. The maximum Gasteiger partial charge on any atom is 0.419 e. The van der Waals surface area contributed by atoms with E-state index in [1.165, 1.54) is 25.4 Å². The number of methoxy groups -OCH3 is 1. The van der Waals surface area contributed by atoms with E-state index < -0.39 is 29.4 Å². The van der Waals surface area contributed by atoms with Crippen LogP contribution in [-0.2, 0) is 30.4 Å². The van der Waals surface area contributed by atoms with Crippen LogP contribution in [-0.4, -0.2) is 41.3 Å². The number of hydrogen-bond acceptors (Lipinski definition) is 6. The number of nitrogens with zero attached hydrogens (tertiary/aromatic N) is 4. The summed E-state index contributed by atoms with van der Waals surface area (Å²) in [6.45, 7) is 2.29. The van der Waals surface area contributed by atoms with Crippen LogP contribution in [0, 0.1) is 5.92 Å². The quantitative estimate of drug-likeness (QED) is 0.536. The summed E-state index contributed by atoms with van der Waals surface area (Å²) >= 11 is 0. The highest BCUT2D eigenvalue weighted by molar-refractivity contribution is 5.55. The summed E-state index contributed by atoms with van der Waals surface area (Å²) in [5.74, 6) is 0.212. The Labute approximate surface area is 204 Å². The topological polar surface area (TPSA) is 63.2 Å². The van der Waals surface area contributed by atoms with Gasteiger partial charge in [0.1, 0.15) is 18.2 Å². The van der Waals surface area contributed by atoms with Gasteiger partial charge in [0.2, 0.25) is 0 Å². The van der Waals surface area contributed by atoms with Crippen LogP contribution < -0.4 is 10.2 Å². The molecule has 1 unspecified atom stereocenters. The van der Waals surface area contributed by atoms with Gasteiger partial charge in [0, 0.05) is 55.6 Å². The molecule has 36 heavy (non-hydrogen) atoms. The third-order valence-corrected chi connectivity index (χ3v) is 6.20. The number of ether oxygens (including phenoxy) is 1. The number of hydrogen-bond donors (Lipinski definition) is 1. The van der Waals surface area contributed by atoms with Crippen molar-refractivity contribution in [3.63, 3.8) is 0 Å². The van der Waals surface area contributed by atoms with Gasteiger partial charge in [-0.1, -0.05) is 13.0 Å². The summed E-state index contributed by atoms with van der Waals surface area (Å²) in [6.07, 6.45) is -4.67. The van der Waals surface area contributed by atoms with Crippen molar-refractivity contribution in [2.75, 3.05) is 30.4 Å². The summed E-state index contributed by atoms with van der Waals surface area (Å²) in [4.78, 5) is 14.7. The Morgan fingerprint density at radius 2 is 1.81 bits per heavy atom. The summed E-state index contributed by atoms with van der Waals surface area (Å²) in [5.41, 5.74) is 0.516. The molecule has 2 aromatic heterocycles. The lowest BCUT2D eigenvalue weighted by molar-refractivity contribution is -0.137. The molecule has 0 fully saturated rings. The Morgan fingerprint density at radius 1 is 1.06 bits per heavy atom. The van der Waals surface area contributed by atoms with Crippen LogP contribution in [0.15, 0.2) is 41.8 Å². The predicted octanol–water partition coefficient (Wildman–Crippen LogP) is 5.47. The van der Waals surface area contributed by atoms with Crippen molar-refractivity contribution in [2.45, 2.75) is 45.1 Å². The van der Waals surface area contributed by atoms with Crippen LogP contribution in [0.4, 0.5) is 38.0 Å². The highest BCUT2D eigenvalue weighted by Crippen LogP contribution is 2.38. The van der Waals surface area contributed by atoms with E-state index in [-0.39, 0.29) is 31.9 Å². The Balaban J connectivity index is 1.65. The van der Waals surface area contributed by atoms with Crippen molar-refractivity contribution < 1.29 is 31.1 Å². The van der Waals surface area contributed by atoms with Gasteiger partial charge in [-0.25, -0.2) is 15.0 Å². The lowest BCUT2D eigenvalue weighted by Crippen LogP contribution is -2.29. The number of halogens is 6. The third kappa shape index (κ3) is 5.63. The number of fused-ring (bicyclic) bond motifs is 1. The first kappa shape index (κ1) is 25.9. The molecular weight excluding hydrogens is 488 g/mol. The molecule has 0 saturated carbocycles. The molecule has 2 aromatic rings. The zero-order chi connectivity index (χ0) is 26.1.